The summed E-state index contributed by atoms with van der Waals surface area (Å²) in [6.45, 7) is 5.07. The topological polar surface area (TPSA) is 73.0 Å². The minimum absolute atomic E-state index is 0.253. The lowest BCUT2D eigenvalue weighted by Gasteiger charge is -2.03. The molecule has 1 N–H and O–H groups in total. The van der Waals surface area contributed by atoms with E-state index in [2.05, 4.69) is 15.6 Å². The molecule has 0 saturated carbocycles. The molecule has 0 aliphatic heterocycles. The van der Waals surface area contributed by atoms with Crippen LogP contribution in [0, 0.1) is 13.8 Å². The zero-order chi connectivity index (χ0) is 17.8. The van der Waals surface area contributed by atoms with E-state index in [1.165, 1.54) is 0 Å². The average Bonchev–Trinajstić information content (AvgIpc) is 3.20. The molecule has 0 aliphatic carbocycles. The fraction of sp³-hybridized carbons (Fsp3) is 0.278. The molecule has 7 heteroatoms. The summed E-state index contributed by atoms with van der Waals surface area (Å²) in [5, 5.41) is 11.6. The second-order valence-corrected chi connectivity index (χ2v) is 6.28. The van der Waals surface area contributed by atoms with Gasteiger partial charge in [-0.2, -0.15) is 5.10 Å². The first-order chi connectivity index (χ1) is 12.0. The fourth-order valence-electron chi connectivity index (χ4n) is 2.38. The highest BCUT2D eigenvalue weighted by Crippen LogP contribution is 2.20. The molecule has 3 rings (SSSR count). The number of rotatable bonds is 6. The van der Waals surface area contributed by atoms with Crippen molar-refractivity contribution in [1.29, 1.82) is 0 Å². The Morgan fingerprint density at radius 3 is 2.72 bits per heavy atom. The van der Waals surface area contributed by atoms with Gasteiger partial charge >= 0.3 is 0 Å². The molecule has 0 bridgehead atoms. The van der Waals surface area contributed by atoms with Crippen LogP contribution in [0.1, 0.15) is 28.2 Å². The van der Waals surface area contributed by atoms with Gasteiger partial charge in [0, 0.05) is 30.9 Å². The standard InChI is InChI=1S/C18H19ClN4O2/c1-12-4-6-14(7-5-12)17-10-16(22-25-17)18(24)20-8-3-9-23-11-15(19)13(2)21-23/h4-7,10-11H,3,8-9H2,1-2H3,(H,20,24). The Labute approximate surface area is 150 Å². The van der Waals surface area contributed by atoms with Gasteiger partial charge in [0.05, 0.1) is 10.7 Å². The summed E-state index contributed by atoms with van der Waals surface area (Å²) < 4.78 is 7.04. The first-order valence-corrected chi connectivity index (χ1v) is 8.42. The highest BCUT2D eigenvalue weighted by molar-refractivity contribution is 6.31. The van der Waals surface area contributed by atoms with Crippen molar-refractivity contribution < 1.29 is 9.32 Å². The average molecular weight is 359 g/mol. The number of hydrogen-bond donors (Lipinski definition) is 1. The molecule has 0 fully saturated rings. The lowest BCUT2D eigenvalue weighted by atomic mass is 10.1. The molecule has 0 unspecified atom stereocenters. The first-order valence-electron chi connectivity index (χ1n) is 8.04. The third-order valence-corrected chi connectivity index (χ3v) is 4.19. The number of halogens is 1. The van der Waals surface area contributed by atoms with Crippen LogP contribution in [0.25, 0.3) is 11.3 Å². The molecule has 3 aromatic rings. The Kier molecular flexibility index (Phi) is 5.19. The lowest BCUT2D eigenvalue weighted by Crippen LogP contribution is -2.25. The third-order valence-electron chi connectivity index (χ3n) is 3.81. The number of aromatic nitrogens is 3. The van der Waals surface area contributed by atoms with E-state index in [-0.39, 0.29) is 11.6 Å². The van der Waals surface area contributed by atoms with Crippen LogP contribution < -0.4 is 5.32 Å². The molecule has 0 aliphatic rings. The first kappa shape index (κ1) is 17.2. The van der Waals surface area contributed by atoms with E-state index in [4.69, 9.17) is 16.1 Å². The zero-order valence-electron chi connectivity index (χ0n) is 14.1. The van der Waals surface area contributed by atoms with Gasteiger partial charge in [-0.3, -0.25) is 9.48 Å². The predicted octanol–water partition coefficient (Wildman–Crippen LogP) is 3.63. The van der Waals surface area contributed by atoms with E-state index >= 15 is 0 Å². The Morgan fingerprint density at radius 1 is 1.28 bits per heavy atom. The monoisotopic (exact) mass is 358 g/mol. The van der Waals surface area contributed by atoms with Crippen molar-refractivity contribution in [2.45, 2.75) is 26.8 Å². The van der Waals surface area contributed by atoms with Crippen molar-refractivity contribution in [3.05, 3.63) is 58.5 Å². The third kappa shape index (κ3) is 4.28. The van der Waals surface area contributed by atoms with Gasteiger partial charge < -0.3 is 9.84 Å². The molecule has 0 spiro atoms. The molecule has 0 atom stereocenters. The molecule has 0 radical (unpaired) electrons. The quantitative estimate of drug-likeness (QED) is 0.683. The van der Waals surface area contributed by atoms with E-state index in [0.29, 0.717) is 23.9 Å². The van der Waals surface area contributed by atoms with Crippen molar-refractivity contribution >= 4 is 17.5 Å². The summed E-state index contributed by atoms with van der Waals surface area (Å²) in [7, 11) is 0. The van der Waals surface area contributed by atoms with Gasteiger partial charge in [-0.1, -0.05) is 46.6 Å². The number of hydrogen-bond acceptors (Lipinski definition) is 4. The van der Waals surface area contributed by atoms with Gasteiger partial charge in [0.1, 0.15) is 0 Å². The van der Waals surface area contributed by atoms with Crippen LogP contribution in [-0.4, -0.2) is 27.4 Å². The van der Waals surface area contributed by atoms with E-state index in [1.807, 2.05) is 38.1 Å². The number of carbonyl (C=O) groups excluding carboxylic acids is 1. The molecule has 2 aromatic heterocycles. The lowest BCUT2D eigenvalue weighted by molar-refractivity contribution is 0.0943. The van der Waals surface area contributed by atoms with Crippen LogP contribution in [0.3, 0.4) is 0 Å². The maximum Gasteiger partial charge on any atom is 0.273 e. The van der Waals surface area contributed by atoms with Crippen LogP contribution in [0.15, 0.2) is 41.1 Å². The van der Waals surface area contributed by atoms with Crippen LogP contribution in [0.5, 0.6) is 0 Å². The number of amides is 1. The van der Waals surface area contributed by atoms with Crippen LogP contribution in [0.4, 0.5) is 0 Å². The van der Waals surface area contributed by atoms with E-state index in [9.17, 15) is 4.79 Å². The van der Waals surface area contributed by atoms with Crippen LogP contribution in [-0.2, 0) is 6.54 Å². The zero-order valence-corrected chi connectivity index (χ0v) is 14.9. The summed E-state index contributed by atoms with van der Waals surface area (Å²) in [5.74, 6) is 0.323. The van der Waals surface area contributed by atoms with Crippen molar-refractivity contribution in [3.8, 4) is 11.3 Å². The van der Waals surface area contributed by atoms with E-state index in [0.717, 1.165) is 23.2 Å². The summed E-state index contributed by atoms with van der Waals surface area (Å²) in [6.07, 6.45) is 2.52. The minimum Gasteiger partial charge on any atom is -0.355 e. The van der Waals surface area contributed by atoms with Gasteiger partial charge in [0.2, 0.25) is 0 Å². The number of benzene rings is 1. The number of nitrogens with one attached hydrogen (secondary N) is 1. The highest BCUT2D eigenvalue weighted by atomic mass is 35.5. The van der Waals surface area contributed by atoms with Gasteiger partial charge in [-0.05, 0) is 20.3 Å². The predicted molar refractivity (Wildman–Crippen MR) is 95.6 cm³/mol. The molecule has 0 saturated heterocycles. The summed E-state index contributed by atoms with van der Waals surface area (Å²) in [4.78, 5) is 12.1. The van der Waals surface area contributed by atoms with Gasteiger partial charge in [-0.15, -0.1) is 0 Å². The normalized spacial score (nSPS) is 10.8. The summed E-state index contributed by atoms with van der Waals surface area (Å²) in [5.41, 5.74) is 3.13. The van der Waals surface area contributed by atoms with Gasteiger partial charge in [0.15, 0.2) is 11.5 Å². The number of nitrogens with zero attached hydrogens (tertiary/aromatic N) is 3. The SMILES string of the molecule is Cc1ccc(-c2cc(C(=O)NCCCn3cc(Cl)c(C)n3)no2)cc1. The largest absolute Gasteiger partial charge is 0.355 e. The molecule has 25 heavy (non-hydrogen) atoms. The van der Waals surface area contributed by atoms with Crippen LogP contribution >= 0.6 is 11.6 Å². The molecule has 1 aromatic carbocycles. The highest BCUT2D eigenvalue weighted by Gasteiger charge is 2.13. The smallest absolute Gasteiger partial charge is 0.273 e. The molecule has 130 valence electrons. The summed E-state index contributed by atoms with van der Waals surface area (Å²) >= 11 is 5.96. The molecular formula is C18H19ClN4O2. The second-order valence-electron chi connectivity index (χ2n) is 5.88. The van der Waals surface area contributed by atoms with Crippen molar-refractivity contribution in [1.82, 2.24) is 20.3 Å². The van der Waals surface area contributed by atoms with E-state index < -0.39 is 0 Å². The molecule has 6 nitrogen and oxygen atoms in total. The Morgan fingerprint density at radius 2 is 2.04 bits per heavy atom. The number of aryl methyl sites for hydroxylation is 3. The minimum atomic E-state index is -0.253. The van der Waals surface area contributed by atoms with Gasteiger partial charge in [-0.25, -0.2) is 0 Å². The number of carbonyl (C=O) groups is 1. The molecule has 1 amide bonds. The molecule has 2 heterocycles. The van der Waals surface area contributed by atoms with Crippen molar-refractivity contribution in [2.75, 3.05) is 6.54 Å². The summed E-state index contributed by atoms with van der Waals surface area (Å²) in [6, 6.07) is 9.50. The van der Waals surface area contributed by atoms with Crippen molar-refractivity contribution in [3.63, 3.8) is 0 Å². The van der Waals surface area contributed by atoms with Crippen LogP contribution in [0.2, 0.25) is 5.02 Å². The maximum absolute atomic E-state index is 12.1. The maximum atomic E-state index is 12.1. The second kappa shape index (κ2) is 7.53. The van der Waals surface area contributed by atoms with Gasteiger partial charge in [0.25, 0.3) is 5.91 Å². The Balaban J connectivity index is 1.51. The van der Waals surface area contributed by atoms with Crippen molar-refractivity contribution in [2.24, 2.45) is 0 Å². The molecular weight excluding hydrogens is 340 g/mol. The Hall–Kier alpha value is -2.60. The Bertz CT molecular complexity index is 848. The fourth-order valence-corrected chi connectivity index (χ4v) is 2.53. The van der Waals surface area contributed by atoms with E-state index in [1.54, 1.807) is 16.9 Å².